The van der Waals surface area contributed by atoms with Gasteiger partial charge in [0.1, 0.15) is 5.75 Å². The monoisotopic (exact) mass is 350 g/mol. The van der Waals surface area contributed by atoms with E-state index < -0.39 is 0 Å². The third-order valence-corrected chi connectivity index (χ3v) is 5.05. The van der Waals surface area contributed by atoms with Gasteiger partial charge in [0.2, 0.25) is 4.96 Å². The molecule has 4 aromatic rings. The van der Waals surface area contributed by atoms with Gasteiger partial charge in [0.25, 0.3) is 0 Å². The van der Waals surface area contributed by atoms with E-state index in [9.17, 15) is 0 Å². The van der Waals surface area contributed by atoms with Crippen molar-refractivity contribution in [2.45, 2.75) is 26.4 Å². The molecule has 0 N–H and O–H groups in total. The van der Waals surface area contributed by atoms with Gasteiger partial charge in [0.05, 0.1) is 0 Å². The molecule has 2 aromatic heterocycles. The Balaban J connectivity index is 1.71. The second kappa shape index (κ2) is 6.64. The first kappa shape index (κ1) is 15.8. The maximum atomic E-state index is 6.10. The van der Waals surface area contributed by atoms with Crippen LogP contribution in [0.2, 0.25) is 0 Å². The van der Waals surface area contributed by atoms with Crippen LogP contribution in [-0.2, 0) is 0 Å². The van der Waals surface area contributed by atoms with Crippen LogP contribution in [0.1, 0.15) is 30.0 Å². The highest BCUT2D eigenvalue weighted by Crippen LogP contribution is 2.30. The highest BCUT2D eigenvalue weighted by atomic mass is 32.1. The zero-order chi connectivity index (χ0) is 17.2. The summed E-state index contributed by atoms with van der Waals surface area (Å²) in [5, 5.41) is 14.3. The fourth-order valence-electron chi connectivity index (χ4n) is 2.73. The predicted octanol–water partition coefficient (Wildman–Crippen LogP) is 4.69. The van der Waals surface area contributed by atoms with Gasteiger partial charge in [-0.15, -0.1) is 10.2 Å². The second-order valence-electron chi connectivity index (χ2n) is 5.80. The Hall–Kier alpha value is -2.73. The van der Waals surface area contributed by atoms with E-state index >= 15 is 0 Å². The molecular weight excluding hydrogens is 332 g/mol. The van der Waals surface area contributed by atoms with Gasteiger partial charge in [-0.2, -0.15) is 9.61 Å². The summed E-state index contributed by atoms with van der Waals surface area (Å²) in [6, 6.07) is 18.0. The van der Waals surface area contributed by atoms with E-state index in [1.54, 1.807) is 0 Å². The highest BCUT2D eigenvalue weighted by Gasteiger charge is 2.20. The summed E-state index contributed by atoms with van der Waals surface area (Å²) < 4.78 is 7.92. The van der Waals surface area contributed by atoms with E-state index in [4.69, 9.17) is 9.84 Å². The number of benzene rings is 2. The first-order valence-corrected chi connectivity index (χ1v) is 9.07. The molecule has 0 radical (unpaired) electrons. The first-order chi connectivity index (χ1) is 12.3. The highest BCUT2D eigenvalue weighted by molar-refractivity contribution is 7.16. The number of hydrogen-bond acceptors (Lipinski definition) is 5. The molecule has 126 valence electrons. The molecule has 0 amide bonds. The predicted molar refractivity (Wildman–Crippen MR) is 98.9 cm³/mol. The van der Waals surface area contributed by atoms with E-state index in [2.05, 4.69) is 30.1 Å². The zero-order valence-electron chi connectivity index (χ0n) is 14.1. The van der Waals surface area contributed by atoms with Crippen LogP contribution in [-0.4, -0.2) is 19.8 Å². The molecule has 1 atom stereocenters. The number of aromatic nitrogens is 4. The standard InChI is InChI=1S/C19H18N4OS/c1-3-16(24-14-10-5-4-6-11-14)18-22-23-17(20-21-19(23)25-18)15-12-8-7-9-13(15)2/h4-12,16H,3H2,1-2H3/t16-/m0/s1. The van der Waals surface area contributed by atoms with E-state index in [0.717, 1.165) is 39.1 Å². The van der Waals surface area contributed by atoms with Crippen molar-refractivity contribution in [2.75, 3.05) is 0 Å². The average Bonchev–Trinajstić information content (AvgIpc) is 3.22. The van der Waals surface area contributed by atoms with Crippen molar-refractivity contribution < 1.29 is 4.74 Å². The number of rotatable bonds is 5. The van der Waals surface area contributed by atoms with Gasteiger partial charge in [-0.3, -0.25) is 0 Å². The van der Waals surface area contributed by atoms with Crippen LogP contribution in [0.4, 0.5) is 0 Å². The largest absolute Gasteiger partial charge is 0.483 e. The Labute approximate surface area is 149 Å². The normalized spacial score (nSPS) is 12.4. The molecule has 0 saturated carbocycles. The van der Waals surface area contributed by atoms with Crippen molar-refractivity contribution in [3.05, 3.63) is 65.2 Å². The average molecular weight is 350 g/mol. The third-order valence-electron chi connectivity index (χ3n) is 4.06. The lowest BCUT2D eigenvalue weighted by molar-refractivity contribution is 0.199. The molecule has 2 heterocycles. The van der Waals surface area contributed by atoms with Crippen molar-refractivity contribution >= 4 is 16.3 Å². The Morgan fingerprint density at radius 2 is 1.80 bits per heavy atom. The lowest BCUT2D eigenvalue weighted by atomic mass is 10.1. The Morgan fingerprint density at radius 3 is 2.56 bits per heavy atom. The first-order valence-electron chi connectivity index (χ1n) is 8.26. The Bertz CT molecular complexity index is 993. The van der Waals surface area contributed by atoms with E-state index in [0.29, 0.717) is 0 Å². The molecule has 0 spiro atoms. The third kappa shape index (κ3) is 3.00. The van der Waals surface area contributed by atoms with Crippen LogP contribution in [0.15, 0.2) is 54.6 Å². The second-order valence-corrected chi connectivity index (χ2v) is 6.79. The lowest BCUT2D eigenvalue weighted by Crippen LogP contribution is -2.07. The van der Waals surface area contributed by atoms with Gasteiger partial charge >= 0.3 is 0 Å². The summed E-state index contributed by atoms with van der Waals surface area (Å²) in [6.07, 6.45) is 0.734. The van der Waals surface area contributed by atoms with Crippen molar-refractivity contribution in [3.63, 3.8) is 0 Å². The number of aryl methyl sites for hydroxylation is 1. The number of nitrogens with zero attached hydrogens (tertiary/aromatic N) is 4. The minimum Gasteiger partial charge on any atom is -0.483 e. The zero-order valence-corrected chi connectivity index (χ0v) is 14.9. The SMILES string of the molecule is CC[C@H](Oc1ccccc1)c1nn2c(-c3ccccc3C)nnc2s1. The molecule has 2 aromatic carbocycles. The summed E-state index contributed by atoms with van der Waals surface area (Å²) in [5.74, 6) is 1.62. The van der Waals surface area contributed by atoms with E-state index in [1.165, 1.54) is 11.3 Å². The van der Waals surface area contributed by atoms with Gasteiger partial charge < -0.3 is 4.74 Å². The van der Waals surface area contributed by atoms with E-state index in [-0.39, 0.29) is 6.10 Å². The molecule has 0 bridgehead atoms. The summed E-state index contributed by atoms with van der Waals surface area (Å²) in [7, 11) is 0. The molecule has 0 fully saturated rings. The molecule has 4 rings (SSSR count). The van der Waals surface area contributed by atoms with Gasteiger partial charge in [0, 0.05) is 5.56 Å². The summed E-state index contributed by atoms with van der Waals surface area (Å²) in [5.41, 5.74) is 2.20. The van der Waals surface area contributed by atoms with Gasteiger partial charge in [-0.25, -0.2) is 0 Å². The molecule has 5 nitrogen and oxygen atoms in total. The molecule has 6 heteroatoms. The number of fused-ring (bicyclic) bond motifs is 1. The quantitative estimate of drug-likeness (QED) is 0.524. The van der Waals surface area contributed by atoms with E-state index in [1.807, 2.05) is 53.0 Å². The van der Waals surface area contributed by atoms with Crippen molar-refractivity contribution in [1.82, 2.24) is 19.8 Å². The topological polar surface area (TPSA) is 52.3 Å². The van der Waals surface area contributed by atoms with Crippen LogP contribution in [0.25, 0.3) is 16.3 Å². The fourth-order valence-corrected chi connectivity index (χ4v) is 3.68. The summed E-state index contributed by atoms with van der Waals surface area (Å²) in [6.45, 7) is 4.16. The van der Waals surface area contributed by atoms with Crippen LogP contribution in [0.5, 0.6) is 5.75 Å². The van der Waals surface area contributed by atoms with Crippen LogP contribution >= 0.6 is 11.3 Å². The maximum absolute atomic E-state index is 6.10. The number of ether oxygens (including phenoxy) is 1. The molecule has 0 saturated heterocycles. The Kier molecular flexibility index (Phi) is 4.19. The molecule has 0 aliphatic heterocycles. The number of para-hydroxylation sites is 1. The van der Waals surface area contributed by atoms with Crippen LogP contribution in [0, 0.1) is 6.92 Å². The van der Waals surface area contributed by atoms with Crippen LogP contribution < -0.4 is 4.74 Å². The molecule has 25 heavy (non-hydrogen) atoms. The fraction of sp³-hybridized carbons (Fsp3) is 0.211. The minimum absolute atomic E-state index is 0.0983. The maximum Gasteiger partial charge on any atom is 0.235 e. The summed E-state index contributed by atoms with van der Waals surface area (Å²) in [4.78, 5) is 0.781. The smallest absolute Gasteiger partial charge is 0.235 e. The van der Waals surface area contributed by atoms with Gasteiger partial charge in [-0.1, -0.05) is 60.7 Å². The van der Waals surface area contributed by atoms with Gasteiger partial charge in [0.15, 0.2) is 16.9 Å². The van der Waals surface area contributed by atoms with Crippen molar-refractivity contribution in [3.8, 4) is 17.1 Å². The van der Waals surface area contributed by atoms with Crippen molar-refractivity contribution in [1.29, 1.82) is 0 Å². The minimum atomic E-state index is -0.0983. The molecule has 0 unspecified atom stereocenters. The van der Waals surface area contributed by atoms with Gasteiger partial charge in [-0.05, 0) is 31.0 Å². The lowest BCUT2D eigenvalue weighted by Gasteiger charge is -2.14. The molecule has 0 aliphatic rings. The molecule has 0 aliphatic carbocycles. The van der Waals surface area contributed by atoms with Crippen LogP contribution in [0.3, 0.4) is 0 Å². The molecular formula is C19H18N4OS. The number of hydrogen-bond donors (Lipinski definition) is 0. The van der Waals surface area contributed by atoms with Crippen molar-refractivity contribution in [2.24, 2.45) is 0 Å². The Morgan fingerprint density at radius 1 is 1.04 bits per heavy atom. The summed E-state index contributed by atoms with van der Waals surface area (Å²) >= 11 is 1.52.